The number of nitrogens with zero attached hydrogens (tertiary/aromatic N) is 1. The van der Waals surface area contributed by atoms with Crippen LogP contribution < -0.4 is 4.74 Å². The first-order chi connectivity index (χ1) is 6.65. The molecule has 14 heavy (non-hydrogen) atoms. The highest BCUT2D eigenvalue weighted by Crippen LogP contribution is 2.15. The predicted octanol–water partition coefficient (Wildman–Crippen LogP) is 1.88. The number of hydrogen-bond donors (Lipinski definition) is 1. The van der Waals surface area contributed by atoms with E-state index in [1.165, 1.54) is 6.20 Å². The van der Waals surface area contributed by atoms with Crippen molar-refractivity contribution in [2.75, 3.05) is 6.61 Å². The molecular formula is C10H13NO3. The third-order valence-corrected chi connectivity index (χ3v) is 1.72. The molecule has 0 atom stereocenters. The third kappa shape index (κ3) is 2.45. The van der Waals surface area contributed by atoms with Gasteiger partial charge < -0.3 is 9.84 Å². The van der Waals surface area contributed by atoms with Gasteiger partial charge in [0.15, 0.2) is 0 Å². The largest absolute Gasteiger partial charge is 0.478 e. The zero-order valence-corrected chi connectivity index (χ0v) is 8.28. The van der Waals surface area contributed by atoms with Crippen LogP contribution in [0, 0.1) is 6.92 Å². The van der Waals surface area contributed by atoms with Crippen LogP contribution >= 0.6 is 0 Å². The fourth-order valence-corrected chi connectivity index (χ4v) is 1.03. The van der Waals surface area contributed by atoms with E-state index < -0.39 is 5.97 Å². The Labute approximate surface area is 82.5 Å². The number of pyridine rings is 1. The molecule has 1 N–H and O–H groups in total. The summed E-state index contributed by atoms with van der Waals surface area (Å²) in [5.74, 6) is -0.459. The van der Waals surface area contributed by atoms with Gasteiger partial charge in [-0.3, -0.25) is 0 Å². The van der Waals surface area contributed by atoms with Crippen LogP contribution in [0.4, 0.5) is 0 Å². The number of carboxylic acids is 1. The molecule has 1 aromatic rings. The van der Waals surface area contributed by atoms with Crippen LogP contribution in [0.25, 0.3) is 0 Å². The average molecular weight is 195 g/mol. The fraction of sp³-hybridized carbons (Fsp3) is 0.400. The molecule has 1 aromatic heterocycles. The van der Waals surface area contributed by atoms with E-state index in [2.05, 4.69) is 4.98 Å². The number of aromatic nitrogens is 1. The Kier molecular flexibility index (Phi) is 3.45. The molecule has 1 heterocycles. The van der Waals surface area contributed by atoms with Gasteiger partial charge in [-0.1, -0.05) is 6.92 Å². The van der Waals surface area contributed by atoms with E-state index in [4.69, 9.17) is 9.84 Å². The van der Waals surface area contributed by atoms with Gasteiger partial charge in [0.2, 0.25) is 5.88 Å². The Morgan fingerprint density at radius 2 is 2.36 bits per heavy atom. The fourth-order valence-electron chi connectivity index (χ4n) is 1.03. The number of aryl methyl sites for hydroxylation is 1. The topological polar surface area (TPSA) is 59.4 Å². The van der Waals surface area contributed by atoms with Crippen molar-refractivity contribution >= 4 is 5.97 Å². The van der Waals surface area contributed by atoms with Gasteiger partial charge in [-0.25, -0.2) is 9.78 Å². The summed E-state index contributed by atoms with van der Waals surface area (Å²) >= 11 is 0. The number of carboxylic acid groups (broad SMARTS) is 1. The first-order valence-corrected chi connectivity index (χ1v) is 4.48. The predicted molar refractivity (Wildman–Crippen MR) is 51.7 cm³/mol. The number of aromatic carboxylic acids is 1. The van der Waals surface area contributed by atoms with Gasteiger partial charge in [0.1, 0.15) is 0 Å². The maximum atomic E-state index is 10.6. The van der Waals surface area contributed by atoms with E-state index >= 15 is 0 Å². The number of hydrogen-bond acceptors (Lipinski definition) is 3. The minimum atomic E-state index is -0.970. The average Bonchev–Trinajstić information content (AvgIpc) is 2.15. The third-order valence-electron chi connectivity index (χ3n) is 1.72. The Morgan fingerprint density at radius 3 is 2.86 bits per heavy atom. The van der Waals surface area contributed by atoms with Crippen molar-refractivity contribution in [1.82, 2.24) is 4.98 Å². The molecule has 0 aromatic carbocycles. The van der Waals surface area contributed by atoms with Crippen molar-refractivity contribution in [3.05, 3.63) is 23.4 Å². The highest BCUT2D eigenvalue weighted by molar-refractivity contribution is 5.87. The Hall–Kier alpha value is -1.58. The molecule has 76 valence electrons. The van der Waals surface area contributed by atoms with Gasteiger partial charge in [-0.15, -0.1) is 0 Å². The lowest BCUT2D eigenvalue weighted by Gasteiger charge is -2.06. The molecule has 1 rings (SSSR count). The van der Waals surface area contributed by atoms with E-state index in [1.807, 2.05) is 6.92 Å². The molecule has 0 unspecified atom stereocenters. The zero-order chi connectivity index (χ0) is 10.6. The van der Waals surface area contributed by atoms with Crippen LogP contribution in [0.1, 0.15) is 29.3 Å². The zero-order valence-electron chi connectivity index (χ0n) is 8.28. The molecule has 0 saturated heterocycles. The first-order valence-electron chi connectivity index (χ1n) is 4.48. The van der Waals surface area contributed by atoms with E-state index in [9.17, 15) is 4.79 Å². The van der Waals surface area contributed by atoms with Crippen molar-refractivity contribution in [3.8, 4) is 5.88 Å². The van der Waals surface area contributed by atoms with Crippen LogP contribution in [0.3, 0.4) is 0 Å². The van der Waals surface area contributed by atoms with Gasteiger partial charge in [0.25, 0.3) is 0 Å². The normalized spacial score (nSPS) is 9.86. The maximum Gasteiger partial charge on any atom is 0.337 e. The van der Waals surface area contributed by atoms with Gasteiger partial charge in [-0.2, -0.15) is 0 Å². The monoisotopic (exact) mass is 195 g/mol. The molecular weight excluding hydrogens is 182 g/mol. The van der Waals surface area contributed by atoms with Crippen molar-refractivity contribution in [2.45, 2.75) is 20.3 Å². The Morgan fingerprint density at radius 1 is 1.64 bits per heavy atom. The van der Waals surface area contributed by atoms with Crippen molar-refractivity contribution in [2.24, 2.45) is 0 Å². The lowest BCUT2D eigenvalue weighted by atomic mass is 10.2. The SMILES string of the molecule is CCCOc1ncc(C(=O)O)cc1C. The van der Waals surface area contributed by atoms with Gasteiger partial charge in [0, 0.05) is 11.8 Å². The smallest absolute Gasteiger partial charge is 0.337 e. The molecule has 4 nitrogen and oxygen atoms in total. The summed E-state index contributed by atoms with van der Waals surface area (Å²) in [5.41, 5.74) is 0.935. The molecule has 0 fully saturated rings. The number of carbonyl (C=O) groups is 1. The molecule has 0 amide bonds. The van der Waals surface area contributed by atoms with Crippen LogP contribution in [-0.2, 0) is 0 Å². The molecule has 0 aliphatic rings. The molecule has 0 aliphatic heterocycles. The molecule has 0 spiro atoms. The lowest BCUT2D eigenvalue weighted by Crippen LogP contribution is -2.03. The second-order valence-electron chi connectivity index (χ2n) is 3.00. The summed E-state index contributed by atoms with van der Waals surface area (Å²) in [4.78, 5) is 14.5. The summed E-state index contributed by atoms with van der Waals surface area (Å²) in [6.07, 6.45) is 2.21. The van der Waals surface area contributed by atoms with E-state index in [1.54, 1.807) is 13.0 Å². The van der Waals surface area contributed by atoms with E-state index in [0.29, 0.717) is 12.5 Å². The first kappa shape index (κ1) is 10.5. The highest BCUT2D eigenvalue weighted by atomic mass is 16.5. The highest BCUT2D eigenvalue weighted by Gasteiger charge is 2.07. The van der Waals surface area contributed by atoms with E-state index in [-0.39, 0.29) is 5.56 Å². The second kappa shape index (κ2) is 4.60. The van der Waals surface area contributed by atoms with Crippen LogP contribution in [-0.4, -0.2) is 22.7 Å². The van der Waals surface area contributed by atoms with Crippen LogP contribution in [0.5, 0.6) is 5.88 Å². The molecule has 0 saturated carbocycles. The summed E-state index contributed by atoms with van der Waals surface area (Å²) in [7, 11) is 0. The maximum absolute atomic E-state index is 10.6. The van der Waals surface area contributed by atoms with Gasteiger partial charge >= 0.3 is 5.97 Å². The number of rotatable bonds is 4. The van der Waals surface area contributed by atoms with Crippen molar-refractivity contribution in [1.29, 1.82) is 0 Å². The summed E-state index contributed by atoms with van der Waals surface area (Å²) in [6.45, 7) is 4.38. The lowest BCUT2D eigenvalue weighted by molar-refractivity contribution is 0.0696. The second-order valence-corrected chi connectivity index (χ2v) is 3.00. The van der Waals surface area contributed by atoms with Crippen LogP contribution in [0.15, 0.2) is 12.3 Å². The molecule has 0 aliphatic carbocycles. The van der Waals surface area contributed by atoms with Gasteiger partial charge in [0.05, 0.1) is 12.2 Å². The molecule has 0 radical (unpaired) electrons. The minimum Gasteiger partial charge on any atom is -0.478 e. The van der Waals surface area contributed by atoms with Crippen molar-refractivity contribution < 1.29 is 14.6 Å². The quantitative estimate of drug-likeness (QED) is 0.796. The van der Waals surface area contributed by atoms with Gasteiger partial charge in [-0.05, 0) is 19.4 Å². The standard InChI is InChI=1S/C10H13NO3/c1-3-4-14-9-7(2)5-8(6-11-9)10(12)13/h5-6H,3-4H2,1-2H3,(H,12,13). The van der Waals surface area contributed by atoms with Crippen LogP contribution in [0.2, 0.25) is 0 Å². The van der Waals surface area contributed by atoms with E-state index in [0.717, 1.165) is 12.0 Å². The summed E-state index contributed by atoms with van der Waals surface area (Å²) < 4.78 is 5.32. The minimum absolute atomic E-state index is 0.186. The summed E-state index contributed by atoms with van der Waals surface area (Å²) in [5, 5.41) is 8.70. The number of ether oxygens (including phenoxy) is 1. The Bertz CT molecular complexity index is 336. The van der Waals surface area contributed by atoms with Crippen molar-refractivity contribution in [3.63, 3.8) is 0 Å². The molecule has 0 bridgehead atoms. The molecule has 4 heteroatoms. The summed E-state index contributed by atoms with van der Waals surface area (Å²) in [6, 6.07) is 1.56. The Balaban J connectivity index is 2.84.